The molecule has 0 bridgehead atoms. The zero-order valence-electron chi connectivity index (χ0n) is 41.8. The fourth-order valence-electron chi connectivity index (χ4n) is 11.1. The van der Waals surface area contributed by atoms with Gasteiger partial charge in [0.2, 0.25) is 0 Å². The highest BCUT2D eigenvalue weighted by Crippen LogP contribution is 2.53. The fraction of sp³-hybridized carbons (Fsp3) is 0.464. The van der Waals surface area contributed by atoms with Crippen molar-refractivity contribution in [3.05, 3.63) is 123 Å². The van der Waals surface area contributed by atoms with E-state index in [0.717, 1.165) is 59.7 Å². The lowest BCUT2D eigenvalue weighted by Gasteiger charge is -2.48. The molecule has 9 rings (SSSR count). The molecule has 0 radical (unpaired) electrons. The number of hydrogen-bond donors (Lipinski definition) is 0. The third kappa shape index (κ3) is 6.17. The first-order valence-corrected chi connectivity index (χ1v) is 22.4. The van der Waals surface area contributed by atoms with Crippen molar-refractivity contribution in [3.63, 3.8) is 0 Å². The van der Waals surface area contributed by atoms with Crippen molar-refractivity contribution < 1.29 is 4.11 Å². The summed E-state index contributed by atoms with van der Waals surface area (Å²) in [6.07, 6.45) is 4.50. The van der Waals surface area contributed by atoms with E-state index in [1.165, 1.54) is 55.5 Å². The van der Waals surface area contributed by atoms with Crippen LogP contribution in [0.15, 0.2) is 78.9 Å². The van der Waals surface area contributed by atoms with Crippen molar-refractivity contribution in [2.45, 2.75) is 169 Å². The fourth-order valence-corrected chi connectivity index (χ4v) is 11.1. The molecule has 306 valence electrons. The molecule has 2 heterocycles. The summed E-state index contributed by atoms with van der Waals surface area (Å²) in [7, 11) is 0. The van der Waals surface area contributed by atoms with Gasteiger partial charge in [-0.3, -0.25) is 0 Å². The zero-order chi connectivity index (χ0) is 45.1. The number of nitrogens with zero attached hydrogens (tertiary/aromatic N) is 2. The van der Waals surface area contributed by atoms with Crippen LogP contribution in [0.4, 0.5) is 34.1 Å². The van der Waals surface area contributed by atoms with Crippen molar-refractivity contribution in [2.24, 2.45) is 0 Å². The van der Waals surface area contributed by atoms with Crippen molar-refractivity contribution in [2.75, 3.05) is 9.80 Å². The van der Waals surface area contributed by atoms with Gasteiger partial charge in [0, 0.05) is 38.2 Å². The van der Waals surface area contributed by atoms with Gasteiger partial charge in [0.05, 0.1) is 0 Å². The summed E-state index contributed by atoms with van der Waals surface area (Å²) < 4.78 is 27.2. The van der Waals surface area contributed by atoms with E-state index < -0.39 is 6.85 Å². The minimum Gasteiger partial charge on any atom is -0.311 e. The molecule has 2 nitrogen and oxygen atoms in total. The Morgan fingerprint density at radius 3 is 1.59 bits per heavy atom. The van der Waals surface area contributed by atoms with Gasteiger partial charge in [-0.1, -0.05) is 133 Å². The first-order chi connectivity index (χ1) is 28.5. The molecule has 0 unspecified atom stereocenters. The summed E-state index contributed by atoms with van der Waals surface area (Å²) in [5.74, 6) is 0. The average Bonchev–Trinajstić information content (AvgIpc) is 3.16. The summed E-state index contributed by atoms with van der Waals surface area (Å²) in [6, 6.07) is 30.3. The maximum Gasteiger partial charge on any atom is 0.252 e. The average molecular weight is 784 g/mol. The van der Waals surface area contributed by atoms with Gasteiger partial charge in [-0.2, -0.15) is 0 Å². The second-order valence-electron chi connectivity index (χ2n) is 23.5. The number of aryl methyl sites for hydroxylation is 2. The molecular formula is C56H69BN2. The number of anilines is 6. The lowest BCUT2D eigenvalue weighted by atomic mass is 9.33. The molecule has 4 aliphatic rings. The number of fused-ring (bicyclic) bond motifs is 6. The molecule has 0 atom stereocenters. The Morgan fingerprint density at radius 1 is 0.492 bits per heavy atom. The third-order valence-corrected chi connectivity index (χ3v) is 15.3. The van der Waals surface area contributed by atoms with Gasteiger partial charge >= 0.3 is 0 Å². The molecule has 2 aliphatic heterocycles. The van der Waals surface area contributed by atoms with Gasteiger partial charge in [-0.25, -0.2) is 0 Å². The summed E-state index contributed by atoms with van der Waals surface area (Å²) in [5, 5.41) is 0. The van der Waals surface area contributed by atoms with Crippen LogP contribution in [-0.2, 0) is 32.5 Å². The first-order valence-electron chi connectivity index (χ1n) is 23.9. The highest BCUT2D eigenvalue weighted by molar-refractivity contribution is 7.00. The van der Waals surface area contributed by atoms with Crippen LogP contribution in [0.5, 0.6) is 0 Å². The Bertz CT molecular complexity index is 2680. The van der Waals surface area contributed by atoms with Crippen LogP contribution in [0, 0.1) is 13.8 Å². The van der Waals surface area contributed by atoms with Gasteiger partial charge in [0.15, 0.2) is 0 Å². The van der Waals surface area contributed by atoms with Crippen LogP contribution in [0.1, 0.15) is 171 Å². The Hall–Kier alpha value is -4.24. The third-order valence-electron chi connectivity index (χ3n) is 15.3. The second kappa shape index (κ2) is 12.7. The molecule has 5 aromatic carbocycles. The van der Waals surface area contributed by atoms with E-state index in [-0.39, 0.29) is 39.2 Å². The Kier molecular flexibility index (Phi) is 7.85. The van der Waals surface area contributed by atoms with Crippen molar-refractivity contribution in [3.8, 4) is 0 Å². The van der Waals surface area contributed by atoms with Gasteiger partial charge in [-0.15, -0.1) is 0 Å². The lowest BCUT2D eigenvalue weighted by Crippen LogP contribution is -2.62. The van der Waals surface area contributed by atoms with E-state index in [1.807, 2.05) is 12.1 Å². The largest absolute Gasteiger partial charge is 0.311 e. The van der Waals surface area contributed by atoms with Gasteiger partial charge in [-0.05, 0) is 175 Å². The maximum atomic E-state index is 9.05. The zero-order valence-corrected chi connectivity index (χ0v) is 38.8. The molecule has 0 amide bonds. The van der Waals surface area contributed by atoms with E-state index >= 15 is 0 Å². The predicted molar refractivity (Wildman–Crippen MR) is 258 cm³/mol. The number of hydrogen-bond acceptors (Lipinski definition) is 2. The van der Waals surface area contributed by atoms with Gasteiger partial charge in [0.1, 0.15) is 0 Å². The van der Waals surface area contributed by atoms with Crippen LogP contribution in [0.2, 0.25) is 0 Å². The van der Waals surface area contributed by atoms with E-state index in [2.05, 4.69) is 180 Å². The predicted octanol–water partition coefficient (Wildman–Crippen LogP) is 13.7. The van der Waals surface area contributed by atoms with Crippen molar-refractivity contribution in [1.82, 2.24) is 0 Å². The molecule has 0 N–H and O–H groups in total. The summed E-state index contributed by atoms with van der Waals surface area (Å²) >= 11 is 0. The molecule has 0 spiro atoms. The molecule has 3 heteroatoms. The highest BCUT2D eigenvalue weighted by Gasteiger charge is 2.47. The Labute approximate surface area is 362 Å². The van der Waals surface area contributed by atoms with Crippen molar-refractivity contribution >= 4 is 57.2 Å². The van der Waals surface area contributed by atoms with E-state index in [9.17, 15) is 0 Å². The normalized spacial score (nSPS) is 20.3. The summed E-state index contributed by atoms with van der Waals surface area (Å²) in [6.45, 7) is 32.8. The number of benzene rings is 5. The Morgan fingerprint density at radius 2 is 1.00 bits per heavy atom. The molecule has 0 aromatic heterocycles. The Balaban J connectivity index is 1.46. The number of rotatable bonds is 2. The van der Waals surface area contributed by atoms with Crippen LogP contribution in [0.25, 0.3) is 0 Å². The minimum absolute atomic E-state index is 0.00145. The standard InChI is InChI=1S/C56H69BN2/c1-34-27-48-50-49(28-34)59(46-30-37(52(6,7)8)18-17-35(46)2)45-22-19-36(51(3,4)5)29-43(45)57(50)44-32-41-42(56(15,16)26-25-55(41,13)14)33-47(44)58(48)38-20-21-39-40(31-38)54(11,12)24-23-53(39,9)10/h17-22,27-33H,23-26H2,1-16H3/i1D3. The van der Waals surface area contributed by atoms with Crippen LogP contribution < -0.4 is 26.2 Å². The molecule has 0 fully saturated rings. The topological polar surface area (TPSA) is 6.48 Å². The minimum atomic E-state index is -2.33. The first kappa shape index (κ1) is 36.6. The smallest absolute Gasteiger partial charge is 0.252 e. The van der Waals surface area contributed by atoms with E-state index in [0.29, 0.717) is 5.56 Å². The highest BCUT2D eigenvalue weighted by atomic mass is 15.2. The lowest BCUT2D eigenvalue weighted by molar-refractivity contribution is 0.332. The summed E-state index contributed by atoms with van der Waals surface area (Å²) in [4.78, 5) is 4.90. The van der Waals surface area contributed by atoms with Gasteiger partial charge in [0.25, 0.3) is 6.71 Å². The molecule has 59 heavy (non-hydrogen) atoms. The van der Waals surface area contributed by atoms with Crippen LogP contribution in [-0.4, -0.2) is 6.71 Å². The SMILES string of the molecule is [2H]C([2H])([2H])c1cc2c3c(c1)N(c1cc(C(C)(C)C)ccc1C)c1ccc(C(C)(C)C)cc1B3c1cc3c(cc1N2c1ccc2c(c1)C(C)(C)CCC2(C)C)C(C)(C)CCC3(C)C. The quantitative estimate of drug-likeness (QED) is 0.161. The van der Waals surface area contributed by atoms with E-state index in [4.69, 9.17) is 4.11 Å². The van der Waals surface area contributed by atoms with E-state index in [1.54, 1.807) is 0 Å². The van der Waals surface area contributed by atoms with Crippen molar-refractivity contribution in [1.29, 1.82) is 0 Å². The molecular weight excluding hydrogens is 711 g/mol. The molecule has 2 aliphatic carbocycles. The summed E-state index contributed by atoms with van der Waals surface area (Å²) in [5.41, 5.74) is 19.8. The van der Waals surface area contributed by atoms with Gasteiger partial charge < -0.3 is 9.80 Å². The second-order valence-corrected chi connectivity index (χ2v) is 23.5. The van der Waals surface area contributed by atoms with Crippen LogP contribution >= 0.6 is 0 Å². The van der Waals surface area contributed by atoms with Crippen LogP contribution in [0.3, 0.4) is 0 Å². The molecule has 0 saturated heterocycles. The maximum absolute atomic E-state index is 9.05. The molecule has 5 aromatic rings. The molecule has 0 saturated carbocycles. The monoisotopic (exact) mass is 784 g/mol.